The van der Waals surface area contributed by atoms with Crippen molar-refractivity contribution in [3.8, 4) is 34.3 Å². The van der Waals surface area contributed by atoms with E-state index in [0.29, 0.717) is 33.8 Å². The smallest absolute Gasteiger partial charge is 0.250 e. The number of carbonyl (C=O) groups excluding carboxylic acids is 1. The molecule has 0 bridgehead atoms. The van der Waals surface area contributed by atoms with Gasteiger partial charge in [0.1, 0.15) is 0 Å². The number of carbonyl (C=O) groups is 1. The van der Waals surface area contributed by atoms with Crippen LogP contribution in [0.3, 0.4) is 0 Å². The summed E-state index contributed by atoms with van der Waals surface area (Å²) in [5, 5.41) is 13.5. The fraction of sp³-hybridized carbons (Fsp3) is 0.214. The highest BCUT2D eigenvalue weighted by atomic mass is 32.2. The summed E-state index contributed by atoms with van der Waals surface area (Å²) < 4.78 is 18.4. The Bertz CT molecular complexity index is 1380. The lowest BCUT2D eigenvalue weighted by Crippen LogP contribution is -2.20. The SMILES string of the molecule is CCc1ccc(C=NNC(=O)CSc2nnc(-c3cc(OC)c(OC)c(OC)c3)n2-c2ccccc2)cc1. The molecule has 0 saturated carbocycles. The van der Waals surface area contributed by atoms with Crippen molar-refractivity contribution in [2.24, 2.45) is 5.10 Å². The molecular weight excluding hydrogens is 502 g/mol. The molecule has 0 aliphatic carbocycles. The summed E-state index contributed by atoms with van der Waals surface area (Å²) >= 11 is 1.26. The van der Waals surface area contributed by atoms with Gasteiger partial charge in [-0.1, -0.05) is 61.2 Å². The molecule has 0 fully saturated rings. The predicted molar refractivity (Wildman–Crippen MR) is 149 cm³/mol. The number of nitrogens with zero attached hydrogens (tertiary/aromatic N) is 4. The summed E-state index contributed by atoms with van der Waals surface area (Å²) in [7, 11) is 4.68. The fourth-order valence-electron chi connectivity index (χ4n) is 3.75. The average Bonchev–Trinajstić information content (AvgIpc) is 3.40. The number of aryl methyl sites for hydroxylation is 1. The van der Waals surface area contributed by atoms with Crippen molar-refractivity contribution in [1.29, 1.82) is 0 Å². The Balaban J connectivity index is 1.56. The maximum Gasteiger partial charge on any atom is 0.250 e. The third-order valence-corrected chi connectivity index (χ3v) is 6.62. The highest BCUT2D eigenvalue weighted by Gasteiger charge is 2.21. The molecule has 0 aliphatic heterocycles. The lowest BCUT2D eigenvalue weighted by atomic mass is 10.1. The Morgan fingerprint density at radius 3 is 2.26 bits per heavy atom. The van der Waals surface area contributed by atoms with Crippen molar-refractivity contribution in [3.05, 3.63) is 77.9 Å². The third-order valence-electron chi connectivity index (χ3n) is 5.69. The van der Waals surface area contributed by atoms with E-state index in [0.717, 1.165) is 17.7 Å². The van der Waals surface area contributed by atoms with E-state index in [2.05, 4.69) is 27.6 Å². The van der Waals surface area contributed by atoms with Crippen molar-refractivity contribution in [1.82, 2.24) is 20.2 Å². The zero-order valence-electron chi connectivity index (χ0n) is 21.7. The number of aromatic nitrogens is 3. The quantitative estimate of drug-likeness (QED) is 0.169. The highest BCUT2D eigenvalue weighted by Crippen LogP contribution is 2.41. The molecule has 3 aromatic carbocycles. The van der Waals surface area contributed by atoms with Crippen LogP contribution < -0.4 is 19.6 Å². The Kier molecular flexibility index (Phi) is 8.99. The summed E-state index contributed by atoms with van der Waals surface area (Å²) in [5.41, 5.74) is 6.29. The number of rotatable bonds is 11. The number of thioether (sulfide) groups is 1. The highest BCUT2D eigenvalue weighted by molar-refractivity contribution is 7.99. The second-order valence-electron chi connectivity index (χ2n) is 8.07. The molecule has 0 spiro atoms. The van der Waals surface area contributed by atoms with Gasteiger partial charge in [-0.3, -0.25) is 9.36 Å². The monoisotopic (exact) mass is 531 g/mol. The van der Waals surface area contributed by atoms with Crippen LogP contribution in [0.5, 0.6) is 17.2 Å². The van der Waals surface area contributed by atoms with Crippen LogP contribution in [-0.2, 0) is 11.2 Å². The molecule has 1 amide bonds. The van der Waals surface area contributed by atoms with E-state index < -0.39 is 0 Å². The molecule has 1 heterocycles. The molecule has 0 aliphatic rings. The normalized spacial score (nSPS) is 10.9. The Morgan fingerprint density at radius 2 is 1.66 bits per heavy atom. The number of para-hydroxylation sites is 1. The fourth-order valence-corrected chi connectivity index (χ4v) is 4.50. The molecule has 10 heteroatoms. The van der Waals surface area contributed by atoms with Crippen molar-refractivity contribution in [2.75, 3.05) is 27.1 Å². The zero-order chi connectivity index (χ0) is 26.9. The maximum atomic E-state index is 12.5. The molecule has 0 saturated heterocycles. The van der Waals surface area contributed by atoms with Gasteiger partial charge in [-0.05, 0) is 41.8 Å². The van der Waals surface area contributed by atoms with E-state index in [1.54, 1.807) is 27.5 Å². The van der Waals surface area contributed by atoms with Crippen LogP contribution in [0.15, 0.2) is 77.0 Å². The first-order chi connectivity index (χ1) is 18.6. The molecule has 1 N–H and O–H groups in total. The van der Waals surface area contributed by atoms with Crippen LogP contribution in [0.25, 0.3) is 17.1 Å². The number of hydrogen-bond acceptors (Lipinski definition) is 8. The van der Waals surface area contributed by atoms with E-state index in [-0.39, 0.29) is 11.7 Å². The van der Waals surface area contributed by atoms with Crippen molar-refractivity contribution < 1.29 is 19.0 Å². The van der Waals surface area contributed by atoms with Gasteiger partial charge in [0.15, 0.2) is 22.5 Å². The van der Waals surface area contributed by atoms with Gasteiger partial charge in [0.05, 0.1) is 33.3 Å². The Hall–Kier alpha value is -4.31. The molecule has 4 aromatic rings. The van der Waals surface area contributed by atoms with Gasteiger partial charge in [-0.15, -0.1) is 10.2 Å². The van der Waals surface area contributed by atoms with E-state index in [4.69, 9.17) is 14.2 Å². The summed E-state index contributed by atoms with van der Waals surface area (Å²) in [5.74, 6) is 1.89. The predicted octanol–water partition coefficient (Wildman–Crippen LogP) is 4.76. The first-order valence-corrected chi connectivity index (χ1v) is 12.9. The lowest BCUT2D eigenvalue weighted by Gasteiger charge is -2.15. The van der Waals surface area contributed by atoms with Crippen LogP contribution >= 0.6 is 11.8 Å². The van der Waals surface area contributed by atoms with Crippen molar-refractivity contribution in [2.45, 2.75) is 18.5 Å². The molecule has 0 unspecified atom stereocenters. The minimum absolute atomic E-state index is 0.104. The van der Waals surface area contributed by atoms with Gasteiger partial charge < -0.3 is 14.2 Å². The number of benzene rings is 3. The number of hydrazone groups is 1. The standard InChI is InChI=1S/C28H29N5O4S/c1-5-19-11-13-20(14-12-19)17-29-30-25(34)18-38-28-32-31-27(33(28)22-9-7-6-8-10-22)21-15-23(35-2)26(37-4)24(16-21)36-3/h6-17H,5,18H2,1-4H3,(H,30,34). The number of methoxy groups -OCH3 is 3. The minimum Gasteiger partial charge on any atom is -0.493 e. The van der Waals surface area contributed by atoms with E-state index in [1.165, 1.54) is 17.3 Å². The van der Waals surface area contributed by atoms with Crippen LogP contribution in [0, 0.1) is 0 Å². The molecule has 0 atom stereocenters. The molecule has 9 nitrogen and oxygen atoms in total. The lowest BCUT2D eigenvalue weighted by molar-refractivity contribution is -0.118. The largest absolute Gasteiger partial charge is 0.493 e. The Morgan fingerprint density at radius 1 is 0.974 bits per heavy atom. The van der Waals surface area contributed by atoms with Crippen LogP contribution in [0.2, 0.25) is 0 Å². The molecule has 196 valence electrons. The molecule has 0 radical (unpaired) electrons. The van der Waals surface area contributed by atoms with Gasteiger partial charge in [0.2, 0.25) is 5.75 Å². The van der Waals surface area contributed by atoms with Gasteiger partial charge in [-0.25, -0.2) is 5.43 Å². The van der Waals surface area contributed by atoms with E-state index in [1.807, 2.05) is 71.3 Å². The second kappa shape index (κ2) is 12.8. The van der Waals surface area contributed by atoms with Crippen LogP contribution in [0.4, 0.5) is 0 Å². The molecule has 1 aromatic heterocycles. The number of nitrogens with one attached hydrogen (secondary N) is 1. The first-order valence-electron chi connectivity index (χ1n) is 11.9. The average molecular weight is 532 g/mol. The van der Waals surface area contributed by atoms with Gasteiger partial charge in [0, 0.05) is 11.3 Å². The van der Waals surface area contributed by atoms with Gasteiger partial charge in [0.25, 0.3) is 5.91 Å². The summed E-state index contributed by atoms with van der Waals surface area (Å²) in [4.78, 5) is 12.5. The maximum absolute atomic E-state index is 12.5. The van der Waals surface area contributed by atoms with Crippen molar-refractivity contribution in [3.63, 3.8) is 0 Å². The Labute approximate surface area is 225 Å². The van der Waals surface area contributed by atoms with Crippen LogP contribution in [-0.4, -0.2) is 54.0 Å². The minimum atomic E-state index is -0.256. The van der Waals surface area contributed by atoms with Crippen molar-refractivity contribution >= 4 is 23.9 Å². The summed E-state index contributed by atoms with van der Waals surface area (Å²) in [6.45, 7) is 2.10. The van der Waals surface area contributed by atoms with Crippen LogP contribution in [0.1, 0.15) is 18.1 Å². The van der Waals surface area contributed by atoms with E-state index in [9.17, 15) is 4.79 Å². The second-order valence-corrected chi connectivity index (χ2v) is 9.01. The summed E-state index contributed by atoms with van der Waals surface area (Å²) in [6.07, 6.45) is 2.59. The van der Waals surface area contributed by atoms with E-state index >= 15 is 0 Å². The number of amides is 1. The molecular formula is C28H29N5O4S. The van der Waals surface area contributed by atoms with Gasteiger partial charge >= 0.3 is 0 Å². The molecule has 38 heavy (non-hydrogen) atoms. The summed E-state index contributed by atoms with van der Waals surface area (Å²) in [6, 6.07) is 21.3. The first kappa shape index (κ1) is 26.7. The van der Waals surface area contributed by atoms with Gasteiger partial charge in [-0.2, -0.15) is 5.10 Å². The third kappa shape index (κ3) is 6.15. The zero-order valence-corrected chi connectivity index (χ0v) is 22.5. The number of hydrogen-bond donors (Lipinski definition) is 1. The topological polar surface area (TPSA) is 99.9 Å². The number of ether oxygens (including phenoxy) is 3. The molecule has 4 rings (SSSR count).